The number of ether oxygens (including phenoxy) is 1. The average Bonchev–Trinajstić information content (AvgIpc) is 2.15. The molecule has 1 fully saturated rings. The van der Waals surface area contributed by atoms with Gasteiger partial charge in [-0.05, 0) is 0 Å². The third kappa shape index (κ3) is 1.73. The van der Waals surface area contributed by atoms with E-state index in [2.05, 4.69) is 9.89 Å². The highest BCUT2D eigenvalue weighted by Gasteiger charge is 2.42. The van der Waals surface area contributed by atoms with Gasteiger partial charge in [0, 0.05) is 0 Å². The molecule has 0 aromatic rings. The highest BCUT2D eigenvalue weighted by atomic mass is 16.6. The second-order valence-electron chi connectivity index (χ2n) is 2.70. The summed E-state index contributed by atoms with van der Waals surface area (Å²) in [5.74, 6) is -0.517. The van der Waals surface area contributed by atoms with Gasteiger partial charge in [0.15, 0.2) is 12.2 Å². The van der Waals surface area contributed by atoms with Crippen LogP contribution in [0.15, 0.2) is 5.16 Å². The molecular weight excluding hydrogens is 182 g/mol. The fraction of sp³-hybridized carbons (Fsp3) is 0.833. The molecule has 0 aromatic carbocycles. The molecule has 76 valence electrons. The summed E-state index contributed by atoms with van der Waals surface area (Å²) < 4.78 is 4.67. The molecule has 7 nitrogen and oxygen atoms in total. The number of hydrogen-bond acceptors (Lipinski definition) is 7. The van der Waals surface area contributed by atoms with Crippen LogP contribution in [0.25, 0.3) is 0 Å². The lowest BCUT2D eigenvalue weighted by molar-refractivity contribution is -0.130. The Bertz CT molecular complexity index is 205. The van der Waals surface area contributed by atoms with Crippen molar-refractivity contribution in [1.29, 1.82) is 0 Å². The van der Waals surface area contributed by atoms with E-state index in [-0.39, 0.29) is 0 Å². The van der Waals surface area contributed by atoms with Gasteiger partial charge in [0.25, 0.3) is 5.90 Å². The summed E-state index contributed by atoms with van der Waals surface area (Å²) in [5.41, 5.74) is 0. The summed E-state index contributed by atoms with van der Waals surface area (Å²) in [6.07, 6.45) is -5.62. The highest BCUT2D eigenvalue weighted by molar-refractivity contribution is 5.81. The molecule has 0 radical (unpaired) electrons. The van der Waals surface area contributed by atoms with Crippen LogP contribution < -0.4 is 0 Å². The Balaban J connectivity index is 2.78. The van der Waals surface area contributed by atoms with Crippen molar-refractivity contribution in [3.8, 4) is 0 Å². The molecule has 0 aromatic heterocycles. The van der Waals surface area contributed by atoms with Crippen molar-refractivity contribution in [2.24, 2.45) is 5.16 Å². The molecule has 1 saturated heterocycles. The average molecular weight is 193 g/mol. The van der Waals surface area contributed by atoms with Gasteiger partial charge in [0.05, 0.1) is 6.61 Å². The Hall–Kier alpha value is -0.890. The summed E-state index contributed by atoms with van der Waals surface area (Å²) in [5, 5.41) is 47.0. The number of nitrogens with zero attached hydrogens (tertiary/aromatic N) is 1. The van der Waals surface area contributed by atoms with Gasteiger partial charge in [-0.2, -0.15) is 0 Å². The van der Waals surface area contributed by atoms with Gasteiger partial charge in [0.1, 0.15) is 12.2 Å². The minimum Gasteiger partial charge on any atom is -0.468 e. The van der Waals surface area contributed by atoms with E-state index in [1.165, 1.54) is 0 Å². The van der Waals surface area contributed by atoms with E-state index in [4.69, 9.17) is 20.5 Å². The molecule has 4 atom stereocenters. The highest BCUT2D eigenvalue weighted by Crippen LogP contribution is 2.17. The molecule has 1 aliphatic rings. The van der Waals surface area contributed by atoms with Gasteiger partial charge in [0.2, 0.25) is 0 Å². The molecule has 0 unspecified atom stereocenters. The van der Waals surface area contributed by atoms with E-state index >= 15 is 0 Å². The van der Waals surface area contributed by atoms with E-state index < -0.39 is 36.9 Å². The normalized spacial score (nSPS) is 43.2. The van der Waals surface area contributed by atoms with Gasteiger partial charge in [-0.25, -0.2) is 0 Å². The van der Waals surface area contributed by atoms with Gasteiger partial charge in [-0.15, -0.1) is 0 Å². The first kappa shape index (κ1) is 10.2. The Kier molecular flexibility index (Phi) is 3.04. The molecule has 13 heavy (non-hydrogen) atoms. The smallest absolute Gasteiger partial charge is 0.257 e. The van der Waals surface area contributed by atoms with Crippen molar-refractivity contribution < 1.29 is 30.4 Å². The first-order valence-corrected chi connectivity index (χ1v) is 3.65. The van der Waals surface area contributed by atoms with Crippen molar-refractivity contribution >= 4 is 5.90 Å². The summed E-state index contributed by atoms with van der Waals surface area (Å²) in [4.78, 5) is 0. The monoisotopic (exact) mass is 193 g/mol. The second kappa shape index (κ2) is 3.88. The van der Waals surface area contributed by atoms with Crippen molar-refractivity contribution in [3.05, 3.63) is 0 Å². The fourth-order valence-electron chi connectivity index (χ4n) is 1.08. The SMILES string of the molecule is OC[C@@H]1O/C(=N\O)[C@H](O)[C@@H](O)[C@@H]1O. The Morgan fingerprint density at radius 3 is 2.31 bits per heavy atom. The molecule has 0 saturated carbocycles. The molecule has 5 N–H and O–H groups in total. The van der Waals surface area contributed by atoms with Crippen LogP contribution in [0.1, 0.15) is 0 Å². The standard InChI is InChI=1S/C6H11NO6/c8-1-2-3(9)4(10)5(11)6(7-12)13-2/h2-5,8-12H,1H2/b7-6-/t2-,3+,4-,5+/m0/s1. The maximum absolute atomic E-state index is 9.19. The van der Waals surface area contributed by atoms with Crippen molar-refractivity contribution in [3.63, 3.8) is 0 Å². The number of hydrogen-bond donors (Lipinski definition) is 5. The van der Waals surface area contributed by atoms with Crippen LogP contribution in [-0.2, 0) is 4.74 Å². The summed E-state index contributed by atoms with van der Waals surface area (Å²) in [6, 6.07) is 0. The largest absolute Gasteiger partial charge is 0.468 e. The van der Waals surface area contributed by atoms with Crippen molar-refractivity contribution in [2.75, 3.05) is 6.61 Å². The molecule has 0 amide bonds. The molecule has 0 spiro atoms. The topological polar surface area (TPSA) is 123 Å². The van der Waals surface area contributed by atoms with Crippen LogP contribution in [0.2, 0.25) is 0 Å². The van der Waals surface area contributed by atoms with E-state index in [9.17, 15) is 5.11 Å². The van der Waals surface area contributed by atoms with Gasteiger partial charge in [-0.3, -0.25) is 0 Å². The number of aliphatic hydroxyl groups is 4. The van der Waals surface area contributed by atoms with Crippen LogP contribution in [0.5, 0.6) is 0 Å². The lowest BCUT2D eigenvalue weighted by Gasteiger charge is -2.34. The lowest BCUT2D eigenvalue weighted by Crippen LogP contribution is -2.56. The molecule has 1 rings (SSSR count). The molecule has 7 heteroatoms. The Morgan fingerprint density at radius 1 is 1.23 bits per heavy atom. The number of rotatable bonds is 1. The molecule has 0 aliphatic carbocycles. The Morgan fingerprint density at radius 2 is 1.85 bits per heavy atom. The zero-order valence-corrected chi connectivity index (χ0v) is 6.61. The zero-order valence-electron chi connectivity index (χ0n) is 6.61. The third-order valence-corrected chi connectivity index (χ3v) is 1.86. The predicted molar refractivity (Wildman–Crippen MR) is 39.2 cm³/mol. The van der Waals surface area contributed by atoms with Crippen LogP contribution in [-0.4, -0.2) is 62.6 Å². The first-order valence-electron chi connectivity index (χ1n) is 3.65. The first-order chi connectivity index (χ1) is 6.11. The minimum absolute atomic E-state index is 0.517. The quantitative estimate of drug-likeness (QED) is 0.227. The van der Waals surface area contributed by atoms with Crippen LogP contribution in [0, 0.1) is 0 Å². The third-order valence-electron chi connectivity index (χ3n) is 1.86. The maximum Gasteiger partial charge on any atom is 0.257 e. The molecular formula is C6H11NO6. The zero-order chi connectivity index (χ0) is 10.0. The maximum atomic E-state index is 9.19. The van der Waals surface area contributed by atoms with Gasteiger partial charge < -0.3 is 30.4 Å². The van der Waals surface area contributed by atoms with E-state index in [0.717, 1.165) is 0 Å². The lowest BCUT2D eigenvalue weighted by atomic mass is 10.00. The van der Waals surface area contributed by atoms with Crippen molar-refractivity contribution in [1.82, 2.24) is 0 Å². The van der Waals surface area contributed by atoms with E-state index in [0.29, 0.717) is 0 Å². The summed E-state index contributed by atoms with van der Waals surface area (Å²) in [6.45, 7) is -0.552. The molecule has 1 heterocycles. The molecule has 1 aliphatic heterocycles. The number of oxime groups is 1. The number of aliphatic hydroxyl groups excluding tert-OH is 4. The van der Waals surface area contributed by atoms with E-state index in [1.807, 2.05) is 0 Å². The summed E-state index contributed by atoms with van der Waals surface area (Å²) >= 11 is 0. The van der Waals surface area contributed by atoms with Crippen molar-refractivity contribution in [2.45, 2.75) is 24.4 Å². The fourth-order valence-corrected chi connectivity index (χ4v) is 1.08. The summed E-state index contributed by atoms with van der Waals surface area (Å²) in [7, 11) is 0. The predicted octanol–water partition coefficient (Wildman–Crippen LogP) is -2.75. The van der Waals surface area contributed by atoms with Gasteiger partial charge >= 0.3 is 0 Å². The minimum atomic E-state index is -1.58. The van der Waals surface area contributed by atoms with Crippen LogP contribution in [0.3, 0.4) is 0 Å². The Labute approximate surface area is 73.5 Å². The van der Waals surface area contributed by atoms with E-state index in [1.54, 1.807) is 0 Å². The van der Waals surface area contributed by atoms with Crippen LogP contribution in [0.4, 0.5) is 0 Å². The molecule has 0 bridgehead atoms. The van der Waals surface area contributed by atoms with Gasteiger partial charge in [-0.1, -0.05) is 5.16 Å². The van der Waals surface area contributed by atoms with Crippen LogP contribution >= 0.6 is 0 Å². The second-order valence-corrected chi connectivity index (χ2v) is 2.70.